The summed E-state index contributed by atoms with van der Waals surface area (Å²) in [6, 6.07) is 8.70. The molecule has 1 aromatic carbocycles. The van der Waals surface area contributed by atoms with Crippen LogP contribution in [-0.4, -0.2) is 7.05 Å². The van der Waals surface area contributed by atoms with Crippen molar-refractivity contribution in [1.82, 2.24) is 5.32 Å². The van der Waals surface area contributed by atoms with Crippen molar-refractivity contribution in [3.63, 3.8) is 0 Å². The highest BCUT2D eigenvalue weighted by Gasteiger charge is 2.10. The molecule has 2 nitrogen and oxygen atoms in total. The summed E-state index contributed by atoms with van der Waals surface area (Å²) in [6.45, 7) is 4.25. The molecule has 0 saturated heterocycles. The smallest absolute Gasteiger partial charge is 0.137 e. The van der Waals surface area contributed by atoms with E-state index in [1.54, 1.807) is 0 Å². The number of nitrogens with one attached hydrogen (secondary N) is 1. The molecule has 0 radical (unpaired) electrons. The van der Waals surface area contributed by atoms with E-state index in [2.05, 4.69) is 43.4 Å². The first-order valence-electron chi connectivity index (χ1n) is 5.44. The molecule has 1 aromatic heterocycles. The monoisotopic (exact) mass is 203 g/mol. The Balaban J connectivity index is 2.55. The molecule has 0 spiro atoms. The van der Waals surface area contributed by atoms with Crippen molar-refractivity contribution in [3.05, 3.63) is 35.6 Å². The first-order valence-corrected chi connectivity index (χ1v) is 5.44. The number of furan rings is 1. The van der Waals surface area contributed by atoms with Gasteiger partial charge in [-0.15, -0.1) is 0 Å². The lowest BCUT2D eigenvalue weighted by Crippen LogP contribution is -2.10. The molecule has 1 unspecified atom stereocenters. The maximum Gasteiger partial charge on any atom is 0.137 e. The molecular formula is C13H17NO. The fraction of sp³-hybridized carbons (Fsp3) is 0.385. The third-order valence-corrected chi connectivity index (χ3v) is 2.89. The first kappa shape index (κ1) is 10.2. The number of para-hydroxylation sites is 1. The molecule has 0 saturated carbocycles. The number of aryl methyl sites for hydroxylation is 1. The fourth-order valence-corrected chi connectivity index (χ4v) is 1.78. The second kappa shape index (κ2) is 4.07. The third-order valence-electron chi connectivity index (χ3n) is 2.89. The van der Waals surface area contributed by atoms with E-state index < -0.39 is 0 Å². The highest BCUT2D eigenvalue weighted by Crippen LogP contribution is 2.26. The molecular weight excluding hydrogens is 186 g/mol. The van der Waals surface area contributed by atoms with Gasteiger partial charge in [0, 0.05) is 5.39 Å². The Morgan fingerprint density at radius 1 is 1.40 bits per heavy atom. The van der Waals surface area contributed by atoms with Gasteiger partial charge in [0.25, 0.3) is 0 Å². The summed E-state index contributed by atoms with van der Waals surface area (Å²) in [7, 11) is 1.94. The molecule has 1 N–H and O–H groups in total. The van der Waals surface area contributed by atoms with Gasteiger partial charge in [-0.3, -0.25) is 0 Å². The summed E-state index contributed by atoms with van der Waals surface area (Å²) >= 11 is 0. The van der Waals surface area contributed by atoms with Gasteiger partial charge in [0.05, 0.1) is 6.04 Å². The zero-order valence-corrected chi connectivity index (χ0v) is 9.50. The summed E-state index contributed by atoms with van der Waals surface area (Å²) in [5.74, 6) is 1.01. The number of hydrogen-bond acceptors (Lipinski definition) is 2. The Kier molecular flexibility index (Phi) is 2.78. The standard InChI is InChI=1S/C13H17NO/c1-4-10-6-5-7-11-8-12(9(2)14-3)15-13(10)11/h5-9,14H,4H2,1-3H3. The predicted molar refractivity (Wildman–Crippen MR) is 63.1 cm³/mol. The quantitative estimate of drug-likeness (QED) is 0.828. The zero-order valence-electron chi connectivity index (χ0n) is 9.50. The summed E-state index contributed by atoms with van der Waals surface area (Å²) < 4.78 is 5.88. The molecule has 2 aromatic rings. The summed E-state index contributed by atoms with van der Waals surface area (Å²) in [5.41, 5.74) is 2.32. The SMILES string of the molecule is CCc1cccc2cc(C(C)NC)oc12. The molecule has 0 amide bonds. The van der Waals surface area contributed by atoms with E-state index in [0.29, 0.717) is 0 Å². The third kappa shape index (κ3) is 1.77. The highest BCUT2D eigenvalue weighted by molar-refractivity contribution is 5.81. The van der Waals surface area contributed by atoms with Gasteiger partial charge in [0.1, 0.15) is 11.3 Å². The van der Waals surface area contributed by atoms with Gasteiger partial charge < -0.3 is 9.73 Å². The van der Waals surface area contributed by atoms with Crippen molar-refractivity contribution in [3.8, 4) is 0 Å². The van der Waals surface area contributed by atoms with E-state index in [-0.39, 0.29) is 6.04 Å². The van der Waals surface area contributed by atoms with Crippen LogP contribution in [0.25, 0.3) is 11.0 Å². The molecule has 0 bridgehead atoms. The molecule has 1 heterocycles. The van der Waals surface area contributed by atoms with Crippen LogP contribution in [0.3, 0.4) is 0 Å². The van der Waals surface area contributed by atoms with Crippen LogP contribution in [0.4, 0.5) is 0 Å². The Hall–Kier alpha value is -1.28. The van der Waals surface area contributed by atoms with E-state index >= 15 is 0 Å². The van der Waals surface area contributed by atoms with Crippen molar-refractivity contribution < 1.29 is 4.42 Å². The Labute approximate surface area is 90.3 Å². The van der Waals surface area contributed by atoms with Crippen LogP contribution in [0.5, 0.6) is 0 Å². The minimum Gasteiger partial charge on any atom is -0.459 e. The Morgan fingerprint density at radius 2 is 2.20 bits per heavy atom. The normalized spacial score (nSPS) is 13.3. The molecule has 2 heteroatoms. The molecule has 80 valence electrons. The van der Waals surface area contributed by atoms with Crippen LogP contribution < -0.4 is 5.32 Å². The summed E-state index contributed by atoms with van der Waals surface area (Å²) in [6.07, 6.45) is 1.01. The Morgan fingerprint density at radius 3 is 2.87 bits per heavy atom. The van der Waals surface area contributed by atoms with E-state index in [1.165, 1.54) is 10.9 Å². The molecule has 0 fully saturated rings. The maximum atomic E-state index is 5.88. The van der Waals surface area contributed by atoms with Crippen LogP contribution >= 0.6 is 0 Å². The second-order valence-electron chi connectivity index (χ2n) is 3.85. The zero-order chi connectivity index (χ0) is 10.8. The molecule has 0 aliphatic rings. The lowest BCUT2D eigenvalue weighted by molar-refractivity contribution is 0.473. The van der Waals surface area contributed by atoms with Gasteiger partial charge in [0.15, 0.2) is 0 Å². The molecule has 0 aliphatic heterocycles. The van der Waals surface area contributed by atoms with Gasteiger partial charge in [-0.1, -0.05) is 25.1 Å². The van der Waals surface area contributed by atoms with Crippen molar-refractivity contribution >= 4 is 11.0 Å². The number of hydrogen-bond donors (Lipinski definition) is 1. The number of benzene rings is 1. The van der Waals surface area contributed by atoms with Crippen LogP contribution in [0, 0.1) is 0 Å². The maximum absolute atomic E-state index is 5.88. The second-order valence-corrected chi connectivity index (χ2v) is 3.85. The highest BCUT2D eigenvalue weighted by atomic mass is 16.3. The van der Waals surface area contributed by atoms with E-state index in [4.69, 9.17) is 4.42 Å². The van der Waals surface area contributed by atoms with Crippen molar-refractivity contribution in [2.45, 2.75) is 26.3 Å². The van der Waals surface area contributed by atoms with Gasteiger partial charge in [-0.05, 0) is 32.0 Å². The van der Waals surface area contributed by atoms with E-state index in [9.17, 15) is 0 Å². The summed E-state index contributed by atoms with van der Waals surface area (Å²) in [4.78, 5) is 0. The Bertz CT molecular complexity index is 459. The van der Waals surface area contributed by atoms with Crippen LogP contribution in [-0.2, 0) is 6.42 Å². The number of rotatable bonds is 3. The first-order chi connectivity index (χ1) is 7.26. The summed E-state index contributed by atoms with van der Waals surface area (Å²) in [5, 5.41) is 4.39. The lowest BCUT2D eigenvalue weighted by Gasteiger charge is -2.04. The molecule has 15 heavy (non-hydrogen) atoms. The topological polar surface area (TPSA) is 25.2 Å². The molecule has 1 atom stereocenters. The average molecular weight is 203 g/mol. The van der Waals surface area contributed by atoms with Gasteiger partial charge in [-0.25, -0.2) is 0 Å². The molecule has 0 aliphatic carbocycles. The van der Waals surface area contributed by atoms with Gasteiger partial charge in [-0.2, -0.15) is 0 Å². The molecule has 2 rings (SSSR count). The van der Waals surface area contributed by atoms with Crippen LogP contribution in [0.1, 0.15) is 31.2 Å². The predicted octanol–water partition coefficient (Wildman–Crippen LogP) is 3.28. The minimum atomic E-state index is 0.266. The van der Waals surface area contributed by atoms with Gasteiger partial charge in [0.2, 0.25) is 0 Å². The lowest BCUT2D eigenvalue weighted by atomic mass is 10.1. The van der Waals surface area contributed by atoms with Crippen molar-refractivity contribution in [2.24, 2.45) is 0 Å². The van der Waals surface area contributed by atoms with Crippen molar-refractivity contribution in [1.29, 1.82) is 0 Å². The van der Waals surface area contributed by atoms with E-state index in [0.717, 1.165) is 17.8 Å². The van der Waals surface area contributed by atoms with E-state index in [1.807, 2.05) is 7.05 Å². The van der Waals surface area contributed by atoms with Crippen LogP contribution in [0.15, 0.2) is 28.7 Å². The fourth-order valence-electron chi connectivity index (χ4n) is 1.78. The minimum absolute atomic E-state index is 0.266. The largest absolute Gasteiger partial charge is 0.459 e. The number of fused-ring (bicyclic) bond motifs is 1. The average Bonchev–Trinajstić information content (AvgIpc) is 2.71. The van der Waals surface area contributed by atoms with Gasteiger partial charge >= 0.3 is 0 Å². The van der Waals surface area contributed by atoms with Crippen LogP contribution in [0.2, 0.25) is 0 Å². The van der Waals surface area contributed by atoms with Crippen molar-refractivity contribution in [2.75, 3.05) is 7.05 Å².